The summed E-state index contributed by atoms with van der Waals surface area (Å²) in [5, 5.41) is 6.47. The molecule has 0 spiro atoms. The van der Waals surface area contributed by atoms with Gasteiger partial charge in [0.05, 0.1) is 6.04 Å². The van der Waals surface area contributed by atoms with E-state index in [4.69, 9.17) is 0 Å². The monoisotopic (exact) mass is 364 g/mol. The third-order valence-corrected chi connectivity index (χ3v) is 5.75. The van der Waals surface area contributed by atoms with Gasteiger partial charge in [0.15, 0.2) is 0 Å². The zero-order chi connectivity index (χ0) is 15.3. The summed E-state index contributed by atoms with van der Waals surface area (Å²) in [7, 11) is 0. The van der Waals surface area contributed by atoms with Crippen LogP contribution in [0.3, 0.4) is 0 Å². The van der Waals surface area contributed by atoms with Crippen LogP contribution in [-0.2, 0) is 4.79 Å². The van der Waals surface area contributed by atoms with Gasteiger partial charge in [-0.05, 0) is 66.8 Å². The van der Waals surface area contributed by atoms with Gasteiger partial charge >= 0.3 is 0 Å². The molecule has 1 aliphatic carbocycles. The van der Waals surface area contributed by atoms with Gasteiger partial charge in [0.1, 0.15) is 10.4 Å². The topological polar surface area (TPSA) is 57.3 Å². The van der Waals surface area contributed by atoms with Gasteiger partial charge < -0.3 is 15.5 Å². The molecule has 1 amide bonds. The third-order valence-electron chi connectivity index (χ3n) is 5.31. The first-order chi connectivity index (χ1) is 10.6. The van der Waals surface area contributed by atoms with Gasteiger partial charge in [-0.25, -0.2) is 4.98 Å². The molecule has 1 aromatic rings. The lowest BCUT2D eigenvalue weighted by atomic mass is 9.97. The second-order valence-electron chi connectivity index (χ2n) is 6.96. The van der Waals surface area contributed by atoms with Crippen molar-refractivity contribution >= 4 is 27.7 Å². The molecule has 0 aromatic carbocycles. The Kier molecular flexibility index (Phi) is 3.51. The maximum atomic E-state index is 12.5. The van der Waals surface area contributed by atoms with E-state index in [0.717, 1.165) is 23.1 Å². The Morgan fingerprint density at radius 2 is 2.32 bits per heavy atom. The molecule has 22 heavy (non-hydrogen) atoms. The van der Waals surface area contributed by atoms with Crippen LogP contribution >= 0.6 is 15.9 Å². The van der Waals surface area contributed by atoms with E-state index in [1.165, 1.54) is 25.9 Å². The Bertz CT molecular complexity index is 618. The number of carbonyl (C=O) groups excluding carboxylic acids is 1. The summed E-state index contributed by atoms with van der Waals surface area (Å²) in [6.07, 6.45) is 3.50. The molecule has 1 aromatic heterocycles. The van der Waals surface area contributed by atoms with Gasteiger partial charge in [-0.1, -0.05) is 6.07 Å². The first-order valence-electron chi connectivity index (χ1n) is 7.98. The minimum Gasteiger partial charge on any atom is -0.309 e. The summed E-state index contributed by atoms with van der Waals surface area (Å²) in [4.78, 5) is 19.4. The Labute approximate surface area is 139 Å². The Balaban J connectivity index is 1.39. The normalized spacial score (nSPS) is 33.2. The van der Waals surface area contributed by atoms with Gasteiger partial charge in [0, 0.05) is 18.0 Å². The van der Waals surface area contributed by atoms with Crippen LogP contribution in [0.5, 0.6) is 0 Å². The zero-order valence-electron chi connectivity index (χ0n) is 12.7. The maximum Gasteiger partial charge on any atom is 0.242 e. The average molecular weight is 365 g/mol. The van der Waals surface area contributed by atoms with E-state index in [2.05, 4.69) is 36.4 Å². The summed E-state index contributed by atoms with van der Waals surface area (Å²) >= 11 is 3.35. The lowest BCUT2D eigenvalue weighted by molar-refractivity contribution is -0.118. The number of hydrogen-bond acceptors (Lipinski definition) is 4. The summed E-state index contributed by atoms with van der Waals surface area (Å²) in [6.45, 7) is 5.57. The number of nitrogens with zero attached hydrogens (tertiary/aromatic N) is 2. The van der Waals surface area contributed by atoms with Crippen LogP contribution in [0.15, 0.2) is 16.7 Å². The second kappa shape index (κ2) is 5.28. The smallest absolute Gasteiger partial charge is 0.242 e. The van der Waals surface area contributed by atoms with Gasteiger partial charge in [-0.3, -0.25) is 4.79 Å². The molecule has 2 N–H and O–H groups in total. The predicted molar refractivity (Wildman–Crippen MR) is 88.7 cm³/mol. The third kappa shape index (κ3) is 2.57. The molecule has 4 rings (SSSR count). The van der Waals surface area contributed by atoms with E-state index < -0.39 is 0 Å². The number of carbonyl (C=O) groups is 1. The molecule has 5 nitrogen and oxygen atoms in total. The van der Waals surface area contributed by atoms with E-state index in [9.17, 15) is 4.79 Å². The highest BCUT2D eigenvalue weighted by molar-refractivity contribution is 9.10. The van der Waals surface area contributed by atoms with Crippen LogP contribution in [0, 0.1) is 12.3 Å². The highest BCUT2D eigenvalue weighted by Crippen LogP contribution is 2.55. The predicted octanol–water partition coefficient (Wildman–Crippen LogP) is 1.92. The van der Waals surface area contributed by atoms with Gasteiger partial charge in [0.2, 0.25) is 5.91 Å². The molecule has 0 bridgehead atoms. The van der Waals surface area contributed by atoms with Gasteiger partial charge in [0.25, 0.3) is 0 Å². The Hall–Kier alpha value is -0.980. The number of piperidine rings is 1. The standard InChI is InChI=1S/C16H21BrN4O/c1-10-3-4-13(17)19-14(10)20-15(22)11-7-16(8-12(16)18-11)9-21-5-2-6-21/h3-4,11-12,18H,2,5-9H2,1H3,(H,19,20,22)/t11-,12?,16?/m0/s1. The number of amides is 1. The number of anilines is 1. The van der Waals surface area contributed by atoms with Crippen molar-refractivity contribution < 1.29 is 4.79 Å². The van der Waals surface area contributed by atoms with Crippen LogP contribution in [0.4, 0.5) is 5.82 Å². The summed E-state index contributed by atoms with van der Waals surface area (Å²) in [6, 6.07) is 4.29. The van der Waals surface area contributed by atoms with E-state index in [1.54, 1.807) is 0 Å². The van der Waals surface area contributed by atoms with E-state index in [-0.39, 0.29) is 11.9 Å². The molecule has 3 heterocycles. The molecule has 3 atom stereocenters. The summed E-state index contributed by atoms with van der Waals surface area (Å²) < 4.78 is 0.741. The maximum absolute atomic E-state index is 12.5. The van der Waals surface area contributed by atoms with Crippen LogP contribution in [0.1, 0.15) is 24.8 Å². The molecule has 2 unspecified atom stereocenters. The van der Waals surface area contributed by atoms with Crippen LogP contribution in [-0.4, -0.2) is 47.5 Å². The number of halogens is 1. The molecule has 118 valence electrons. The number of aryl methyl sites for hydroxylation is 1. The van der Waals surface area contributed by atoms with Crippen molar-refractivity contribution in [3.05, 3.63) is 22.3 Å². The molecule has 3 aliphatic rings. The Morgan fingerprint density at radius 3 is 3.05 bits per heavy atom. The number of likely N-dealkylation sites (tertiary alicyclic amines) is 1. The number of nitrogens with one attached hydrogen (secondary N) is 2. The highest BCUT2D eigenvalue weighted by Gasteiger charge is 2.61. The molecular weight excluding hydrogens is 344 g/mol. The second-order valence-corrected chi connectivity index (χ2v) is 7.77. The molecule has 1 saturated carbocycles. The zero-order valence-corrected chi connectivity index (χ0v) is 14.3. The molecule has 0 radical (unpaired) electrons. The SMILES string of the molecule is Cc1ccc(Br)nc1NC(=O)[C@@H]1CC2(CN3CCC3)CC2N1. The number of aromatic nitrogens is 1. The fraction of sp³-hybridized carbons (Fsp3) is 0.625. The minimum atomic E-state index is -0.0831. The first-order valence-corrected chi connectivity index (χ1v) is 8.77. The lowest BCUT2D eigenvalue weighted by Crippen LogP contribution is -2.42. The molecule has 2 aliphatic heterocycles. The number of hydrogen-bond donors (Lipinski definition) is 2. The first kappa shape index (κ1) is 14.6. The highest BCUT2D eigenvalue weighted by atomic mass is 79.9. The molecular formula is C16H21BrN4O. The van der Waals surface area contributed by atoms with Crippen molar-refractivity contribution in [2.24, 2.45) is 5.41 Å². The molecule has 6 heteroatoms. The minimum absolute atomic E-state index is 0.0453. The van der Waals surface area contributed by atoms with Crippen LogP contribution in [0.25, 0.3) is 0 Å². The van der Waals surface area contributed by atoms with Crippen molar-refractivity contribution in [3.8, 4) is 0 Å². The number of rotatable bonds is 4. The van der Waals surface area contributed by atoms with Crippen molar-refractivity contribution in [1.82, 2.24) is 15.2 Å². The van der Waals surface area contributed by atoms with Gasteiger partial charge in [-0.15, -0.1) is 0 Å². The average Bonchev–Trinajstić information content (AvgIpc) is 2.99. The van der Waals surface area contributed by atoms with Crippen molar-refractivity contribution in [3.63, 3.8) is 0 Å². The van der Waals surface area contributed by atoms with Gasteiger partial charge in [-0.2, -0.15) is 0 Å². The summed E-state index contributed by atoms with van der Waals surface area (Å²) in [5.74, 6) is 0.697. The fourth-order valence-electron chi connectivity index (χ4n) is 3.75. The molecule has 2 saturated heterocycles. The number of fused-ring (bicyclic) bond motifs is 1. The number of pyridine rings is 1. The fourth-order valence-corrected chi connectivity index (χ4v) is 4.05. The quantitative estimate of drug-likeness (QED) is 0.801. The Morgan fingerprint density at radius 1 is 1.50 bits per heavy atom. The van der Waals surface area contributed by atoms with Crippen molar-refractivity contribution in [2.75, 3.05) is 25.0 Å². The lowest BCUT2D eigenvalue weighted by Gasteiger charge is -2.33. The van der Waals surface area contributed by atoms with Crippen LogP contribution in [0.2, 0.25) is 0 Å². The summed E-state index contributed by atoms with van der Waals surface area (Å²) in [5.41, 5.74) is 1.33. The van der Waals surface area contributed by atoms with E-state index >= 15 is 0 Å². The largest absolute Gasteiger partial charge is 0.309 e. The van der Waals surface area contributed by atoms with Crippen molar-refractivity contribution in [1.29, 1.82) is 0 Å². The molecule has 3 fully saturated rings. The van der Waals surface area contributed by atoms with E-state index in [0.29, 0.717) is 17.3 Å². The van der Waals surface area contributed by atoms with E-state index in [1.807, 2.05) is 19.1 Å². The van der Waals surface area contributed by atoms with Crippen molar-refractivity contribution in [2.45, 2.75) is 38.3 Å². The van der Waals surface area contributed by atoms with Crippen LogP contribution < -0.4 is 10.6 Å².